The van der Waals surface area contributed by atoms with Gasteiger partial charge >= 0.3 is 17.9 Å². The zero-order valence-electron chi connectivity index (χ0n) is 17.5. The first-order chi connectivity index (χ1) is 16.5. The van der Waals surface area contributed by atoms with E-state index in [1.54, 1.807) is 12.1 Å². The number of benzene rings is 2. The lowest BCUT2D eigenvalue weighted by Crippen LogP contribution is -2.16. The molecule has 0 saturated carbocycles. The van der Waals surface area contributed by atoms with Gasteiger partial charge in [-0.2, -0.15) is 10.5 Å². The second-order valence-corrected chi connectivity index (χ2v) is 7.10. The summed E-state index contributed by atoms with van der Waals surface area (Å²) in [5.74, 6) is -1.95. The van der Waals surface area contributed by atoms with Gasteiger partial charge in [-0.15, -0.1) is 0 Å². The Morgan fingerprint density at radius 1 is 0.853 bits per heavy atom. The van der Waals surface area contributed by atoms with E-state index >= 15 is 0 Å². The van der Waals surface area contributed by atoms with E-state index in [4.69, 9.17) is 28.4 Å². The number of carbonyl (C=O) groups is 3. The summed E-state index contributed by atoms with van der Waals surface area (Å²) in [6, 6.07) is 12.4. The average molecular weight is 464 g/mol. The smallest absolute Gasteiger partial charge is 0.343 e. The molecule has 2 aromatic carbocycles. The van der Waals surface area contributed by atoms with Crippen molar-refractivity contribution >= 4 is 17.9 Å². The fraction of sp³-hybridized carbons (Fsp3) is 0.261. The monoisotopic (exact) mass is 464 g/mol. The molecule has 2 heterocycles. The Balaban J connectivity index is 1.39. The standard InChI is InChI=1S/C23H16N2O9/c24-7-15-16(8-25)18(6-5-17(15)32-12-33-23(28)20-11-30-20)34-21(26)14-3-1-13(2-4-14)9-31-22(27)19-10-29-19/h1-6,19-20H,9-12H2. The molecule has 0 N–H and O–H groups in total. The summed E-state index contributed by atoms with van der Waals surface area (Å²) in [5, 5.41) is 19.0. The molecule has 0 aliphatic carbocycles. The van der Waals surface area contributed by atoms with Crippen molar-refractivity contribution in [2.45, 2.75) is 18.8 Å². The van der Waals surface area contributed by atoms with Crippen LogP contribution in [0.5, 0.6) is 11.5 Å². The lowest BCUT2D eigenvalue weighted by molar-refractivity contribution is -0.151. The van der Waals surface area contributed by atoms with Crippen LogP contribution in [-0.4, -0.2) is 50.1 Å². The number of nitriles is 2. The molecule has 0 amide bonds. The number of hydrogen-bond acceptors (Lipinski definition) is 11. The van der Waals surface area contributed by atoms with Crippen LogP contribution in [0, 0.1) is 22.7 Å². The highest BCUT2D eigenvalue weighted by molar-refractivity contribution is 5.91. The van der Waals surface area contributed by atoms with Crippen LogP contribution in [0.3, 0.4) is 0 Å². The Labute approximate surface area is 192 Å². The molecule has 2 aromatic rings. The van der Waals surface area contributed by atoms with E-state index in [0.717, 1.165) is 0 Å². The summed E-state index contributed by atoms with van der Waals surface area (Å²) in [6.07, 6.45) is -1.09. The second-order valence-electron chi connectivity index (χ2n) is 7.10. The van der Waals surface area contributed by atoms with Gasteiger partial charge in [-0.3, -0.25) is 0 Å². The largest absolute Gasteiger partial charge is 0.459 e. The van der Waals surface area contributed by atoms with Gasteiger partial charge in [0.05, 0.1) is 18.8 Å². The number of carbonyl (C=O) groups excluding carboxylic acids is 3. The highest BCUT2D eigenvalue weighted by Crippen LogP contribution is 2.30. The van der Waals surface area contributed by atoms with Crippen molar-refractivity contribution < 1.29 is 42.8 Å². The molecule has 4 rings (SSSR count). The first kappa shape index (κ1) is 22.7. The Morgan fingerprint density at radius 3 is 2.00 bits per heavy atom. The molecule has 34 heavy (non-hydrogen) atoms. The number of rotatable bonds is 9. The number of epoxide rings is 2. The van der Waals surface area contributed by atoms with E-state index in [2.05, 4.69) is 0 Å². The van der Waals surface area contributed by atoms with E-state index in [0.29, 0.717) is 12.2 Å². The number of esters is 3. The molecule has 0 aromatic heterocycles. The maximum atomic E-state index is 12.5. The SMILES string of the molecule is N#Cc1c(OCOC(=O)C2CO2)ccc(OC(=O)c2ccc(COC(=O)C3CO3)cc2)c1C#N. The molecule has 11 nitrogen and oxygen atoms in total. The maximum absolute atomic E-state index is 12.5. The highest BCUT2D eigenvalue weighted by atomic mass is 16.7. The van der Waals surface area contributed by atoms with E-state index in [1.165, 1.54) is 24.3 Å². The number of hydrogen-bond donors (Lipinski definition) is 0. The van der Waals surface area contributed by atoms with Gasteiger partial charge in [-0.25, -0.2) is 14.4 Å². The minimum atomic E-state index is -0.762. The number of ether oxygens (including phenoxy) is 6. The third-order valence-corrected chi connectivity index (χ3v) is 4.73. The van der Waals surface area contributed by atoms with Crippen LogP contribution in [0.4, 0.5) is 0 Å². The van der Waals surface area contributed by atoms with Crippen molar-refractivity contribution in [3.63, 3.8) is 0 Å². The molecule has 2 unspecified atom stereocenters. The van der Waals surface area contributed by atoms with Gasteiger partial charge in [0.15, 0.2) is 18.0 Å². The fourth-order valence-electron chi connectivity index (χ4n) is 2.75. The molecule has 2 aliphatic rings. The van der Waals surface area contributed by atoms with Crippen molar-refractivity contribution in [3.8, 4) is 23.6 Å². The lowest BCUT2D eigenvalue weighted by Gasteiger charge is -2.12. The summed E-state index contributed by atoms with van der Waals surface area (Å²) in [7, 11) is 0. The van der Waals surface area contributed by atoms with Crippen LogP contribution in [0.1, 0.15) is 27.0 Å². The molecule has 2 saturated heterocycles. The summed E-state index contributed by atoms with van der Waals surface area (Å²) in [5.41, 5.74) is 0.447. The summed E-state index contributed by atoms with van der Waals surface area (Å²) in [4.78, 5) is 35.5. The van der Waals surface area contributed by atoms with Crippen molar-refractivity contribution in [3.05, 3.63) is 58.7 Å². The van der Waals surface area contributed by atoms with Crippen LogP contribution in [-0.2, 0) is 35.1 Å². The van der Waals surface area contributed by atoms with Crippen molar-refractivity contribution in [2.24, 2.45) is 0 Å². The van der Waals surface area contributed by atoms with E-state index in [-0.39, 0.29) is 41.4 Å². The molecular formula is C23H16N2O9. The maximum Gasteiger partial charge on any atom is 0.343 e. The molecule has 172 valence electrons. The zero-order valence-corrected chi connectivity index (χ0v) is 17.5. The van der Waals surface area contributed by atoms with Crippen LogP contribution in [0.25, 0.3) is 0 Å². The first-order valence-corrected chi connectivity index (χ1v) is 9.97. The summed E-state index contributed by atoms with van der Waals surface area (Å²) < 4.78 is 30.1. The molecule has 0 spiro atoms. The van der Waals surface area contributed by atoms with Crippen molar-refractivity contribution in [1.29, 1.82) is 10.5 Å². The molecule has 2 fully saturated rings. The molecule has 11 heteroatoms. The minimum Gasteiger partial charge on any atom is -0.459 e. The Kier molecular flexibility index (Phi) is 6.69. The van der Waals surface area contributed by atoms with Crippen LogP contribution in [0.15, 0.2) is 36.4 Å². The Hall–Kier alpha value is -4.45. The van der Waals surface area contributed by atoms with Gasteiger partial charge in [0.1, 0.15) is 35.6 Å². The topological polar surface area (TPSA) is 161 Å². The van der Waals surface area contributed by atoms with Gasteiger partial charge < -0.3 is 28.4 Å². The van der Waals surface area contributed by atoms with Crippen molar-refractivity contribution in [2.75, 3.05) is 20.0 Å². The first-order valence-electron chi connectivity index (χ1n) is 9.97. The van der Waals surface area contributed by atoms with Crippen LogP contribution >= 0.6 is 0 Å². The van der Waals surface area contributed by atoms with Crippen LogP contribution in [0.2, 0.25) is 0 Å². The fourth-order valence-corrected chi connectivity index (χ4v) is 2.75. The minimum absolute atomic E-state index is 0.0149. The third kappa shape index (κ3) is 5.48. The molecule has 0 bridgehead atoms. The summed E-state index contributed by atoms with van der Waals surface area (Å²) in [6.45, 7) is 0.195. The predicted octanol–water partition coefficient (Wildman–Crippen LogP) is 1.37. The molecule has 2 aliphatic heterocycles. The van der Waals surface area contributed by atoms with E-state index < -0.39 is 36.9 Å². The van der Waals surface area contributed by atoms with Gasteiger partial charge in [0.2, 0.25) is 6.79 Å². The lowest BCUT2D eigenvalue weighted by atomic mass is 10.1. The Morgan fingerprint density at radius 2 is 1.41 bits per heavy atom. The number of nitrogens with zero attached hydrogens (tertiary/aromatic N) is 2. The van der Waals surface area contributed by atoms with Crippen LogP contribution < -0.4 is 9.47 Å². The van der Waals surface area contributed by atoms with E-state index in [1.807, 2.05) is 12.1 Å². The molecular weight excluding hydrogens is 448 g/mol. The van der Waals surface area contributed by atoms with Gasteiger partial charge in [0.25, 0.3) is 0 Å². The van der Waals surface area contributed by atoms with E-state index in [9.17, 15) is 24.9 Å². The average Bonchev–Trinajstić information content (AvgIpc) is 3.75. The summed E-state index contributed by atoms with van der Waals surface area (Å²) >= 11 is 0. The van der Waals surface area contributed by atoms with Gasteiger partial charge in [-0.05, 0) is 29.8 Å². The third-order valence-electron chi connectivity index (χ3n) is 4.73. The normalized spacial score (nSPS) is 17.5. The molecule has 0 radical (unpaired) electrons. The predicted molar refractivity (Wildman–Crippen MR) is 108 cm³/mol. The second kappa shape index (κ2) is 10.0. The zero-order chi connectivity index (χ0) is 24.1. The van der Waals surface area contributed by atoms with Gasteiger partial charge in [0, 0.05) is 0 Å². The Bertz CT molecular complexity index is 1200. The highest BCUT2D eigenvalue weighted by Gasteiger charge is 2.33. The molecule has 2 atom stereocenters. The van der Waals surface area contributed by atoms with Gasteiger partial charge in [-0.1, -0.05) is 12.1 Å². The van der Waals surface area contributed by atoms with Crippen molar-refractivity contribution in [1.82, 2.24) is 0 Å². The quantitative estimate of drug-likeness (QED) is 0.228.